The molecule has 1 aromatic carbocycles. The summed E-state index contributed by atoms with van der Waals surface area (Å²) in [5.41, 5.74) is 1.00. The normalized spacial score (nSPS) is 26.6. The third-order valence-electron chi connectivity index (χ3n) is 4.58. The smallest absolute Gasteiger partial charge is 0.227 e. The molecule has 3 heterocycles. The van der Waals surface area contributed by atoms with Gasteiger partial charge in [0.25, 0.3) is 0 Å². The summed E-state index contributed by atoms with van der Waals surface area (Å²) in [5, 5.41) is 0. The molecule has 1 aromatic rings. The van der Waals surface area contributed by atoms with E-state index in [-0.39, 0.29) is 11.7 Å². The highest BCUT2D eigenvalue weighted by molar-refractivity contribution is 5.80. The molecule has 0 spiro atoms. The van der Waals surface area contributed by atoms with E-state index in [4.69, 9.17) is 0 Å². The van der Waals surface area contributed by atoms with Crippen molar-refractivity contribution in [3.63, 3.8) is 0 Å². The van der Waals surface area contributed by atoms with Crippen molar-refractivity contribution in [3.05, 3.63) is 41.7 Å². The Morgan fingerprint density at radius 1 is 1.24 bits per heavy atom. The summed E-state index contributed by atoms with van der Waals surface area (Å²) in [4.78, 5) is 16.4. The SMILES string of the molecule is CN1C(=O)[C@@H]2CC[C@H]1CN(C/C=C/c1ccc(F)cc1)C2. The minimum Gasteiger partial charge on any atom is -0.341 e. The van der Waals surface area contributed by atoms with E-state index in [0.717, 1.165) is 38.0 Å². The van der Waals surface area contributed by atoms with Crippen LogP contribution in [0.25, 0.3) is 6.08 Å². The van der Waals surface area contributed by atoms with Crippen LogP contribution >= 0.6 is 0 Å². The molecule has 3 aliphatic heterocycles. The van der Waals surface area contributed by atoms with Crippen molar-refractivity contribution in [2.75, 3.05) is 26.7 Å². The Bertz CT molecular complexity index is 540. The Morgan fingerprint density at radius 3 is 2.76 bits per heavy atom. The molecule has 1 amide bonds. The van der Waals surface area contributed by atoms with Crippen LogP contribution in [0, 0.1) is 11.7 Å². The zero-order valence-corrected chi connectivity index (χ0v) is 12.3. The van der Waals surface area contributed by atoms with Gasteiger partial charge < -0.3 is 4.90 Å². The highest BCUT2D eigenvalue weighted by Crippen LogP contribution is 2.27. The van der Waals surface area contributed by atoms with Crippen molar-refractivity contribution in [1.29, 1.82) is 0 Å². The number of hydrogen-bond donors (Lipinski definition) is 0. The highest BCUT2D eigenvalue weighted by atomic mass is 19.1. The molecule has 112 valence electrons. The van der Waals surface area contributed by atoms with Gasteiger partial charge in [-0.3, -0.25) is 9.69 Å². The largest absolute Gasteiger partial charge is 0.341 e. The highest BCUT2D eigenvalue weighted by Gasteiger charge is 2.38. The van der Waals surface area contributed by atoms with Crippen molar-refractivity contribution < 1.29 is 9.18 Å². The number of amides is 1. The van der Waals surface area contributed by atoms with Crippen LogP contribution in [0.2, 0.25) is 0 Å². The van der Waals surface area contributed by atoms with E-state index in [9.17, 15) is 9.18 Å². The molecule has 3 nitrogen and oxygen atoms in total. The van der Waals surface area contributed by atoms with Gasteiger partial charge in [0.2, 0.25) is 5.91 Å². The minimum atomic E-state index is -0.210. The quantitative estimate of drug-likeness (QED) is 0.852. The predicted molar refractivity (Wildman–Crippen MR) is 81.2 cm³/mol. The molecule has 2 atom stereocenters. The van der Waals surface area contributed by atoms with Gasteiger partial charge in [-0.1, -0.05) is 24.3 Å². The first kappa shape index (κ1) is 14.3. The van der Waals surface area contributed by atoms with E-state index in [2.05, 4.69) is 11.0 Å². The fourth-order valence-electron chi connectivity index (χ4n) is 3.31. The summed E-state index contributed by atoms with van der Waals surface area (Å²) in [6.45, 7) is 2.64. The number of carbonyl (C=O) groups is 1. The van der Waals surface area contributed by atoms with E-state index in [1.807, 2.05) is 18.0 Å². The van der Waals surface area contributed by atoms with Gasteiger partial charge >= 0.3 is 0 Å². The lowest BCUT2D eigenvalue weighted by Gasteiger charge is -2.32. The first-order valence-corrected chi connectivity index (χ1v) is 7.54. The van der Waals surface area contributed by atoms with Gasteiger partial charge in [-0.2, -0.15) is 0 Å². The second-order valence-corrected chi connectivity index (χ2v) is 6.05. The Labute approximate surface area is 125 Å². The number of piperidine rings is 1. The lowest BCUT2D eigenvalue weighted by Crippen LogP contribution is -2.45. The van der Waals surface area contributed by atoms with Crippen LogP contribution in [-0.2, 0) is 4.79 Å². The van der Waals surface area contributed by atoms with Crippen LogP contribution in [0.5, 0.6) is 0 Å². The fourth-order valence-corrected chi connectivity index (χ4v) is 3.31. The first-order chi connectivity index (χ1) is 10.1. The Balaban J connectivity index is 1.61. The average Bonchev–Trinajstić information content (AvgIpc) is 2.75. The molecule has 4 rings (SSSR count). The maximum absolute atomic E-state index is 12.8. The van der Waals surface area contributed by atoms with E-state index in [0.29, 0.717) is 11.9 Å². The molecule has 3 saturated heterocycles. The minimum absolute atomic E-state index is 0.160. The molecular formula is C17H21FN2O. The standard InChI is InChI=1S/C17H21FN2O/c1-19-16-9-6-14(17(19)21)11-20(12-16)10-2-3-13-4-7-15(18)8-5-13/h2-5,7-8,14,16H,6,9-12H2,1H3/b3-2+/t14-,16+/m1/s1. The van der Waals surface area contributed by atoms with Crippen molar-refractivity contribution in [3.8, 4) is 0 Å². The summed E-state index contributed by atoms with van der Waals surface area (Å²) in [6, 6.07) is 6.85. The number of likely N-dealkylation sites (N-methyl/N-ethyl adjacent to an activating group) is 1. The Hall–Kier alpha value is -1.68. The fraction of sp³-hybridized carbons (Fsp3) is 0.471. The van der Waals surface area contributed by atoms with Crippen LogP contribution in [0.1, 0.15) is 18.4 Å². The van der Waals surface area contributed by atoms with E-state index < -0.39 is 0 Å². The number of rotatable bonds is 3. The summed E-state index contributed by atoms with van der Waals surface area (Å²) >= 11 is 0. The molecule has 3 aliphatic rings. The molecule has 0 N–H and O–H groups in total. The maximum atomic E-state index is 12.8. The van der Waals surface area contributed by atoms with Gasteiger partial charge in [0, 0.05) is 32.7 Å². The summed E-state index contributed by atoms with van der Waals surface area (Å²) < 4.78 is 12.8. The van der Waals surface area contributed by atoms with Gasteiger partial charge in [-0.15, -0.1) is 0 Å². The van der Waals surface area contributed by atoms with Gasteiger partial charge in [0.05, 0.1) is 5.92 Å². The van der Waals surface area contributed by atoms with Gasteiger partial charge in [0.15, 0.2) is 0 Å². The maximum Gasteiger partial charge on any atom is 0.227 e. The zero-order chi connectivity index (χ0) is 14.8. The van der Waals surface area contributed by atoms with E-state index in [1.54, 1.807) is 12.1 Å². The number of benzene rings is 1. The van der Waals surface area contributed by atoms with Crippen molar-refractivity contribution >= 4 is 12.0 Å². The molecule has 0 aliphatic carbocycles. The van der Waals surface area contributed by atoms with Crippen LogP contribution in [-0.4, -0.2) is 48.4 Å². The lowest BCUT2D eigenvalue weighted by atomic mass is 9.95. The van der Waals surface area contributed by atoms with Crippen LogP contribution in [0.15, 0.2) is 30.3 Å². The topological polar surface area (TPSA) is 23.6 Å². The zero-order valence-electron chi connectivity index (χ0n) is 12.3. The number of carbonyl (C=O) groups excluding carboxylic acids is 1. The number of halogens is 1. The average molecular weight is 288 g/mol. The second-order valence-electron chi connectivity index (χ2n) is 6.05. The molecule has 0 radical (unpaired) electrons. The van der Waals surface area contributed by atoms with Crippen molar-refractivity contribution in [2.45, 2.75) is 18.9 Å². The Kier molecular flexibility index (Phi) is 4.06. The number of hydrogen-bond acceptors (Lipinski definition) is 2. The first-order valence-electron chi connectivity index (χ1n) is 7.54. The molecule has 0 aromatic heterocycles. The van der Waals surface area contributed by atoms with E-state index in [1.165, 1.54) is 12.1 Å². The van der Waals surface area contributed by atoms with Crippen LogP contribution in [0.3, 0.4) is 0 Å². The van der Waals surface area contributed by atoms with Crippen molar-refractivity contribution in [1.82, 2.24) is 9.80 Å². The molecule has 0 saturated carbocycles. The summed E-state index contributed by atoms with van der Waals surface area (Å²) in [6.07, 6.45) is 6.25. The van der Waals surface area contributed by atoms with Crippen LogP contribution < -0.4 is 0 Å². The summed E-state index contributed by atoms with van der Waals surface area (Å²) in [7, 11) is 1.93. The summed E-state index contributed by atoms with van der Waals surface area (Å²) in [5.74, 6) is 0.252. The van der Waals surface area contributed by atoms with Gasteiger partial charge in [0.1, 0.15) is 5.82 Å². The number of nitrogens with zero attached hydrogens (tertiary/aromatic N) is 2. The molecular weight excluding hydrogens is 267 g/mol. The molecule has 2 bridgehead atoms. The second kappa shape index (κ2) is 5.98. The Morgan fingerprint density at radius 2 is 2.00 bits per heavy atom. The van der Waals surface area contributed by atoms with E-state index >= 15 is 0 Å². The van der Waals surface area contributed by atoms with Gasteiger partial charge in [-0.05, 0) is 30.5 Å². The van der Waals surface area contributed by atoms with Gasteiger partial charge in [-0.25, -0.2) is 4.39 Å². The van der Waals surface area contributed by atoms with Crippen LogP contribution in [0.4, 0.5) is 4.39 Å². The lowest BCUT2D eigenvalue weighted by molar-refractivity contribution is -0.138. The monoisotopic (exact) mass is 288 g/mol. The molecule has 3 fully saturated rings. The molecule has 4 heteroatoms. The molecule has 21 heavy (non-hydrogen) atoms. The third kappa shape index (κ3) is 3.16. The number of fused-ring (bicyclic) bond motifs is 4. The third-order valence-corrected chi connectivity index (χ3v) is 4.58. The molecule has 0 unspecified atom stereocenters. The van der Waals surface area contributed by atoms with Crippen molar-refractivity contribution in [2.24, 2.45) is 5.92 Å². The predicted octanol–water partition coefficient (Wildman–Crippen LogP) is 2.39.